The van der Waals surface area contributed by atoms with Crippen LogP contribution in [0.3, 0.4) is 0 Å². The van der Waals surface area contributed by atoms with Crippen molar-refractivity contribution in [2.75, 3.05) is 18.0 Å². The van der Waals surface area contributed by atoms with E-state index in [0.717, 1.165) is 15.4 Å². The van der Waals surface area contributed by atoms with Gasteiger partial charge in [0, 0.05) is 12.6 Å². The minimum atomic E-state index is -4.21. The van der Waals surface area contributed by atoms with Gasteiger partial charge in [-0.3, -0.25) is 13.9 Å². The number of benzene rings is 3. The number of ether oxygens (including phenoxy) is 1. The molecule has 0 spiro atoms. The number of hydrogen-bond donors (Lipinski definition) is 1. The fraction of sp³-hybridized carbons (Fsp3) is 0.333. The van der Waals surface area contributed by atoms with Crippen molar-refractivity contribution >= 4 is 50.7 Å². The summed E-state index contributed by atoms with van der Waals surface area (Å²) in [4.78, 5) is 28.5. The summed E-state index contributed by atoms with van der Waals surface area (Å²) in [5, 5.41) is 3.29. The highest BCUT2D eigenvalue weighted by atomic mass is 35.5. The van der Waals surface area contributed by atoms with Gasteiger partial charge in [-0.1, -0.05) is 60.0 Å². The van der Waals surface area contributed by atoms with Gasteiger partial charge in [-0.25, -0.2) is 8.42 Å². The summed E-state index contributed by atoms with van der Waals surface area (Å²) < 4.78 is 34.0. The summed E-state index contributed by atoms with van der Waals surface area (Å²) >= 11 is 12.4. The molecule has 1 N–H and O–H groups in total. The van der Waals surface area contributed by atoms with Gasteiger partial charge in [0.2, 0.25) is 11.8 Å². The number of carbonyl (C=O) groups excluding carboxylic acids is 2. The number of anilines is 1. The largest absolute Gasteiger partial charge is 0.497 e. The van der Waals surface area contributed by atoms with Crippen LogP contribution < -0.4 is 14.4 Å². The molecule has 0 aliphatic carbocycles. The molecule has 0 aromatic heterocycles. The summed E-state index contributed by atoms with van der Waals surface area (Å²) in [6.07, 6.45) is 0.713. The van der Waals surface area contributed by atoms with E-state index < -0.39 is 28.5 Å². The van der Waals surface area contributed by atoms with E-state index >= 15 is 0 Å². The number of halogens is 2. The van der Waals surface area contributed by atoms with E-state index in [0.29, 0.717) is 12.2 Å². The zero-order valence-electron chi connectivity index (χ0n) is 23.7. The second-order valence-corrected chi connectivity index (χ2v) is 12.5. The van der Waals surface area contributed by atoms with E-state index in [-0.39, 0.29) is 39.1 Å². The second kappa shape index (κ2) is 14.1. The molecule has 3 aromatic carbocycles. The first kappa shape index (κ1) is 32.2. The van der Waals surface area contributed by atoms with Crippen molar-refractivity contribution in [3.05, 3.63) is 87.9 Å². The van der Waals surface area contributed by atoms with E-state index in [1.807, 2.05) is 20.8 Å². The Bertz CT molecular complexity index is 1460. The summed E-state index contributed by atoms with van der Waals surface area (Å²) in [5.41, 5.74) is 1.78. The average molecular weight is 621 g/mol. The lowest BCUT2D eigenvalue weighted by molar-refractivity contribution is -0.139. The van der Waals surface area contributed by atoms with Gasteiger partial charge >= 0.3 is 0 Å². The Kier molecular flexibility index (Phi) is 11.1. The summed E-state index contributed by atoms with van der Waals surface area (Å²) in [6.45, 7) is 6.78. The van der Waals surface area contributed by atoms with Crippen molar-refractivity contribution in [1.82, 2.24) is 10.2 Å². The first-order chi connectivity index (χ1) is 19.4. The van der Waals surface area contributed by atoms with Crippen LogP contribution in [0.4, 0.5) is 5.69 Å². The summed E-state index contributed by atoms with van der Waals surface area (Å²) in [7, 11) is -2.66. The molecular formula is C30H35Cl2N3O5S. The molecule has 0 aliphatic rings. The fourth-order valence-electron chi connectivity index (χ4n) is 3.98. The topological polar surface area (TPSA) is 96.0 Å². The molecule has 2 amide bonds. The molecule has 3 rings (SSSR count). The molecule has 3 aromatic rings. The van der Waals surface area contributed by atoms with Crippen molar-refractivity contribution in [1.29, 1.82) is 0 Å². The van der Waals surface area contributed by atoms with Gasteiger partial charge in [-0.15, -0.1) is 0 Å². The third-order valence-electron chi connectivity index (χ3n) is 6.76. The van der Waals surface area contributed by atoms with Crippen LogP contribution in [0.15, 0.2) is 71.6 Å². The number of methoxy groups -OCH3 is 1. The van der Waals surface area contributed by atoms with Crippen molar-refractivity contribution in [3.8, 4) is 5.75 Å². The number of sulfonamides is 1. The summed E-state index contributed by atoms with van der Waals surface area (Å²) in [6, 6.07) is 16.8. The van der Waals surface area contributed by atoms with Gasteiger partial charge in [-0.2, -0.15) is 0 Å². The van der Waals surface area contributed by atoms with Crippen LogP contribution in [-0.2, 0) is 26.2 Å². The number of hydrogen-bond acceptors (Lipinski definition) is 5. The smallest absolute Gasteiger partial charge is 0.264 e. The third kappa shape index (κ3) is 8.15. The predicted octanol–water partition coefficient (Wildman–Crippen LogP) is 5.84. The Hall–Kier alpha value is -3.27. The normalized spacial score (nSPS) is 12.8. The van der Waals surface area contributed by atoms with Crippen LogP contribution in [0.1, 0.15) is 38.3 Å². The molecule has 0 saturated heterocycles. The Morgan fingerprint density at radius 1 is 0.951 bits per heavy atom. The Labute approximate surface area is 252 Å². The average Bonchev–Trinajstić information content (AvgIpc) is 2.96. The number of nitrogens with zero attached hydrogens (tertiary/aromatic N) is 2. The van der Waals surface area contributed by atoms with Gasteiger partial charge in [0.15, 0.2) is 0 Å². The molecule has 11 heteroatoms. The highest BCUT2D eigenvalue weighted by Gasteiger charge is 2.33. The number of aryl methyl sites for hydroxylation is 1. The zero-order valence-corrected chi connectivity index (χ0v) is 26.1. The van der Waals surface area contributed by atoms with Crippen LogP contribution in [0.5, 0.6) is 5.75 Å². The maximum Gasteiger partial charge on any atom is 0.264 e. The maximum absolute atomic E-state index is 14.0. The molecule has 0 aliphatic heterocycles. The fourth-order valence-corrected chi connectivity index (χ4v) is 5.68. The Morgan fingerprint density at radius 3 is 2.15 bits per heavy atom. The first-order valence-electron chi connectivity index (χ1n) is 13.1. The molecule has 220 valence electrons. The molecule has 2 atom stereocenters. The molecule has 0 unspecified atom stereocenters. The van der Waals surface area contributed by atoms with E-state index in [9.17, 15) is 18.0 Å². The van der Waals surface area contributed by atoms with Gasteiger partial charge in [0.25, 0.3) is 10.0 Å². The molecule has 0 radical (unpaired) electrons. The number of nitrogens with one attached hydrogen (secondary N) is 1. The Morgan fingerprint density at radius 2 is 1.59 bits per heavy atom. The van der Waals surface area contributed by atoms with E-state index in [4.69, 9.17) is 27.9 Å². The van der Waals surface area contributed by atoms with Gasteiger partial charge in [-0.05, 0) is 75.2 Å². The van der Waals surface area contributed by atoms with Crippen molar-refractivity contribution < 1.29 is 22.7 Å². The molecule has 0 bridgehead atoms. The van der Waals surface area contributed by atoms with Crippen molar-refractivity contribution in [2.24, 2.45) is 0 Å². The van der Waals surface area contributed by atoms with Crippen molar-refractivity contribution in [2.45, 2.75) is 57.6 Å². The molecule has 8 nitrogen and oxygen atoms in total. The molecule has 0 heterocycles. The molecule has 0 saturated carbocycles. The quantitative estimate of drug-likeness (QED) is 0.275. The van der Waals surface area contributed by atoms with Crippen LogP contribution in [-0.4, -0.2) is 50.9 Å². The van der Waals surface area contributed by atoms with E-state index in [2.05, 4.69) is 5.32 Å². The SMILES string of the molecule is CC[C@@H](C)NC(=O)[C@@H](C)N(Cc1ccc(OC)cc1)C(=O)CN(c1ccc(Cl)c(Cl)c1)S(=O)(=O)c1ccc(C)cc1. The maximum atomic E-state index is 14.0. The van der Waals surface area contributed by atoms with Crippen molar-refractivity contribution in [3.63, 3.8) is 0 Å². The van der Waals surface area contributed by atoms with E-state index in [1.54, 1.807) is 50.4 Å². The lowest BCUT2D eigenvalue weighted by atomic mass is 10.1. The first-order valence-corrected chi connectivity index (χ1v) is 15.3. The zero-order chi connectivity index (χ0) is 30.3. The highest BCUT2D eigenvalue weighted by molar-refractivity contribution is 7.92. The van der Waals surface area contributed by atoms with Crippen LogP contribution >= 0.6 is 23.2 Å². The lowest BCUT2D eigenvalue weighted by Gasteiger charge is -2.32. The molecular weight excluding hydrogens is 585 g/mol. The monoisotopic (exact) mass is 619 g/mol. The minimum absolute atomic E-state index is 0.00578. The molecule has 0 fully saturated rings. The van der Waals surface area contributed by atoms with E-state index in [1.165, 1.54) is 35.2 Å². The third-order valence-corrected chi connectivity index (χ3v) is 9.29. The number of rotatable bonds is 12. The van der Waals surface area contributed by atoms with Crippen LogP contribution in [0, 0.1) is 6.92 Å². The van der Waals surface area contributed by atoms with Gasteiger partial charge in [0.1, 0.15) is 18.3 Å². The highest BCUT2D eigenvalue weighted by Crippen LogP contribution is 2.31. The minimum Gasteiger partial charge on any atom is -0.497 e. The van der Waals surface area contributed by atoms with Crippen LogP contribution in [0.2, 0.25) is 10.0 Å². The number of carbonyl (C=O) groups is 2. The van der Waals surface area contributed by atoms with Crippen LogP contribution in [0.25, 0.3) is 0 Å². The standard InChI is InChI=1S/C30H35Cl2N3O5S/c1-6-21(3)33-30(37)22(4)34(18-23-9-12-25(40-5)13-10-23)29(36)19-35(24-11-16-27(31)28(32)17-24)41(38,39)26-14-7-20(2)8-15-26/h7-17,21-22H,6,18-19H2,1-5H3,(H,33,37)/t21-,22-/m1/s1. The lowest BCUT2D eigenvalue weighted by Crippen LogP contribution is -2.52. The predicted molar refractivity (Wildman–Crippen MR) is 163 cm³/mol. The van der Waals surface area contributed by atoms with Gasteiger partial charge < -0.3 is 15.0 Å². The summed E-state index contributed by atoms with van der Waals surface area (Å²) in [5.74, 6) is -0.276. The number of amides is 2. The van der Waals surface area contributed by atoms with Gasteiger partial charge in [0.05, 0.1) is 27.7 Å². The molecule has 41 heavy (non-hydrogen) atoms. The second-order valence-electron chi connectivity index (χ2n) is 9.79. The Balaban J connectivity index is 2.04.